The van der Waals surface area contributed by atoms with Crippen LogP contribution in [0.15, 0.2) is 79.5 Å². The minimum absolute atomic E-state index is 0.0106. The molecule has 0 radical (unpaired) electrons. The number of carbonyl (C=O) groups is 1. The van der Waals surface area contributed by atoms with E-state index in [2.05, 4.69) is 15.9 Å². The normalized spacial score (nSPS) is 17.7. The Morgan fingerprint density at radius 1 is 1.06 bits per heavy atom. The number of sulfone groups is 2. The van der Waals surface area contributed by atoms with Crippen LogP contribution < -0.4 is 0 Å². The van der Waals surface area contributed by atoms with Crippen molar-refractivity contribution < 1.29 is 26.0 Å². The first kappa shape index (κ1) is 23.7. The number of aryl methyl sites for hydroxylation is 1. The fourth-order valence-electron chi connectivity index (χ4n) is 3.73. The summed E-state index contributed by atoms with van der Waals surface area (Å²) < 4.78 is 56.2. The van der Waals surface area contributed by atoms with Gasteiger partial charge < -0.3 is 9.32 Å². The maximum absolute atomic E-state index is 13.4. The molecule has 0 saturated carbocycles. The Hall–Kier alpha value is -2.43. The summed E-state index contributed by atoms with van der Waals surface area (Å²) in [5, 5.41) is -0.345. The molecular formula is C23H22BrNO6S2. The third kappa shape index (κ3) is 5.23. The second-order valence-corrected chi connectivity index (χ2v) is 13.1. The van der Waals surface area contributed by atoms with Crippen molar-refractivity contribution >= 4 is 41.5 Å². The predicted molar refractivity (Wildman–Crippen MR) is 126 cm³/mol. The lowest BCUT2D eigenvalue weighted by molar-refractivity contribution is 0.0642. The average molecular weight is 552 g/mol. The van der Waals surface area contributed by atoms with Crippen molar-refractivity contribution in [2.24, 2.45) is 0 Å². The summed E-state index contributed by atoms with van der Waals surface area (Å²) in [6.07, 6.45) is 0.324. The molecule has 1 aliphatic rings. The summed E-state index contributed by atoms with van der Waals surface area (Å²) in [6.45, 7) is 2.14. The second-order valence-electron chi connectivity index (χ2n) is 8.05. The van der Waals surface area contributed by atoms with E-state index in [9.17, 15) is 21.6 Å². The van der Waals surface area contributed by atoms with Crippen LogP contribution in [0.3, 0.4) is 0 Å². The smallest absolute Gasteiger partial charge is 0.290 e. The largest absolute Gasteiger partial charge is 0.439 e. The molecule has 0 aliphatic carbocycles. The van der Waals surface area contributed by atoms with Gasteiger partial charge in [0.1, 0.15) is 0 Å². The molecule has 1 unspecified atom stereocenters. The predicted octanol–water partition coefficient (Wildman–Crippen LogP) is 4.01. The highest BCUT2D eigenvalue weighted by Crippen LogP contribution is 2.27. The summed E-state index contributed by atoms with van der Waals surface area (Å²) >= 11 is 3.27. The number of carbonyl (C=O) groups excluding carboxylic acids is 1. The Bertz CT molecular complexity index is 1380. The summed E-state index contributed by atoms with van der Waals surface area (Å²) in [6, 6.07) is 15.7. The van der Waals surface area contributed by atoms with Gasteiger partial charge in [-0.25, -0.2) is 16.8 Å². The van der Waals surface area contributed by atoms with Gasteiger partial charge >= 0.3 is 0 Å². The summed E-state index contributed by atoms with van der Waals surface area (Å²) in [5.74, 6) is -0.816. The number of amides is 1. The van der Waals surface area contributed by atoms with E-state index in [1.54, 1.807) is 12.1 Å². The van der Waals surface area contributed by atoms with Gasteiger partial charge in [-0.2, -0.15) is 0 Å². The molecule has 7 nitrogen and oxygen atoms in total. The van der Waals surface area contributed by atoms with Crippen LogP contribution in [0.5, 0.6) is 0 Å². The van der Waals surface area contributed by atoms with Crippen LogP contribution in [0.25, 0.3) is 0 Å². The highest BCUT2D eigenvalue weighted by Gasteiger charge is 2.36. The van der Waals surface area contributed by atoms with Crippen LogP contribution in [0.2, 0.25) is 0 Å². The van der Waals surface area contributed by atoms with Crippen molar-refractivity contribution in [2.45, 2.75) is 35.9 Å². The number of hydrogen-bond donors (Lipinski definition) is 0. The highest BCUT2D eigenvalue weighted by molar-refractivity contribution is 9.10. The van der Waals surface area contributed by atoms with Gasteiger partial charge in [-0.1, -0.05) is 45.8 Å². The number of benzene rings is 2. The zero-order valence-corrected chi connectivity index (χ0v) is 21.0. The number of rotatable bonds is 6. The molecule has 1 aromatic heterocycles. The molecule has 3 aromatic rings. The molecule has 33 heavy (non-hydrogen) atoms. The third-order valence-electron chi connectivity index (χ3n) is 5.56. The van der Waals surface area contributed by atoms with E-state index in [-0.39, 0.29) is 33.8 Å². The minimum Gasteiger partial charge on any atom is -0.439 e. The molecule has 10 heteroatoms. The Labute approximate surface area is 201 Å². The van der Waals surface area contributed by atoms with Crippen LogP contribution in [0.4, 0.5) is 0 Å². The molecule has 0 N–H and O–H groups in total. The van der Waals surface area contributed by atoms with E-state index in [4.69, 9.17) is 4.42 Å². The van der Waals surface area contributed by atoms with Gasteiger partial charge in [0.05, 0.1) is 16.4 Å². The molecule has 1 fully saturated rings. The molecule has 174 valence electrons. The van der Waals surface area contributed by atoms with Gasteiger partial charge in [-0.15, -0.1) is 0 Å². The van der Waals surface area contributed by atoms with Crippen molar-refractivity contribution in [1.29, 1.82) is 0 Å². The zero-order valence-electron chi connectivity index (χ0n) is 17.8. The van der Waals surface area contributed by atoms with Gasteiger partial charge in [-0.05, 0) is 55.3 Å². The molecule has 1 aliphatic heterocycles. The molecule has 4 rings (SSSR count). The Morgan fingerprint density at radius 3 is 2.33 bits per heavy atom. The Kier molecular flexibility index (Phi) is 6.52. The maximum Gasteiger partial charge on any atom is 0.290 e. The quantitative estimate of drug-likeness (QED) is 0.458. The fourth-order valence-corrected chi connectivity index (χ4v) is 6.90. The standard InChI is InChI=1S/C23H22BrNO6S2/c1-16-2-4-17(5-3-16)14-25(19-12-13-32(27,28)15-19)23(26)21-10-11-22(31-21)33(29,30)20-8-6-18(24)7-9-20/h2-11,19H,12-15H2,1H3. The molecule has 1 saturated heterocycles. The number of hydrogen-bond acceptors (Lipinski definition) is 6. The van der Waals surface area contributed by atoms with Gasteiger partial charge in [0.2, 0.25) is 14.9 Å². The topological polar surface area (TPSA) is 102 Å². The third-order valence-corrected chi connectivity index (χ3v) is 9.49. The molecule has 2 aromatic carbocycles. The molecule has 0 bridgehead atoms. The van der Waals surface area contributed by atoms with Gasteiger partial charge in [0, 0.05) is 17.1 Å². The van der Waals surface area contributed by atoms with E-state index in [0.717, 1.165) is 15.6 Å². The van der Waals surface area contributed by atoms with E-state index < -0.39 is 31.6 Å². The van der Waals surface area contributed by atoms with Crippen molar-refractivity contribution in [1.82, 2.24) is 4.90 Å². The average Bonchev–Trinajstić information content (AvgIpc) is 3.40. The van der Waals surface area contributed by atoms with E-state index in [1.165, 1.54) is 29.2 Å². The molecule has 0 spiro atoms. The summed E-state index contributed by atoms with van der Waals surface area (Å²) in [7, 11) is -7.19. The molecule has 1 atom stereocenters. The number of halogens is 1. The van der Waals surface area contributed by atoms with Gasteiger partial charge in [0.25, 0.3) is 5.91 Å². The molecular weight excluding hydrogens is 530 g/mol. The van der Waals surface area contributed by atoms with E-state index in [0.29, 0.717) is 6.42 Å². The second kappa shape index (κ2) is 9.08. The van der Waals surface area contributed by atoms with Gasteiger partial charge in [-0.3, -0.25) is 4.79 Å². The Balaban J connectivity index is 1.64. The van der Waals surface area contributed by atoms with Crippen molar-refractivity contribution in [3.05, 3.63) is 82.0 Å². The first-order valence-electron chi connectivity index (χ1n) is 10.2. The van der Waals surface area contributed by atoms with Crippen LogP contribution in [0, 0.1) is 6.92 Å². The van der Waals surface area contributed by atoms with Crippen molar-refractivity contribution in [3.8, 4) is 0 Å². The molecule has 2 heterocycles. The lowest BCUT2D eigenvalue weighted by Gasteiger charge is -2.27. The summed E-state index contributed by atoms with van der Waals surface area (Å²) in [5.41, 5.74) is 1.90. The van der Waals surface area contributed by atoms with Crippen LogP contribution in [-0.2, 0) is 26.2 Å². The van der Waals surface area contributed by atoms with Crippen molar-refractivity contribution in [2.75, 3.05) is 11.5 Å². The van der Waals surface area contributed by atoms with Crippen LogP contribution >= 0.6 is 15.9 Å². The maximum atomic E-state index is 13.4. The number of nitrogens with zero attached hydrogens (tertiary/aromatic N) is 1. The lowest BCUT2D eigenvalue weighted by Crippen LogP contribution is -2.40. The van der Waals surface area contributed by atoms with Crippen LogP contribution in [-0.4, -0.2) is 45.2 Å². The number of furan rings is 1. The fraction of sp³-hybridized carbons (Fsp3) is 0.261. The van der Waals surface area contributed by atoms with Gasteiger partial charge in [0.15, 0.2) is 15.6 Å². The Morgan fingerprint density at radius 2 is 1.73 bits per heavy atom. The first-order valence-corrected chi connectivity index (χ1v) is 14.3. The lowest BCUT2D eigenvalue weighted by atomic mass is 10.1. The van der Waals surface area contributed by atoms with E-state index >= 15 is 0 Å². The van der Waals surface area contributed by atoms with Crippen molar-refractivity contribution in [3.63, 3.8) is 0 Å². The summed E-state index contributed by atoms with van der Waals surface area (Å²) in [4.78, 5) is 14.9. The SMILES string of the molecule is Cc1ccc(CN(C(=O)c2ccc(S(=O)(=O)c3ccc(Br)cc3)o2)C2CCS(=O)(=O)C2)cc1. The zero-order chi connectivity index (χ0) is 23.8. The molecule has 1 amide bonds. The monoisotopic (exact) mass is 551 g/mol. The minimum atomic E-state index is -3.95. The van der Waals surface area contributed by atoms with Crippen LogP contribution in [0.1, 0.15) is 28.1 Å². The first-order chi connectivity index (χ1) is 15.5. The highest BCUT2D eigenvalue weighted by atomic mass is 79.9. The van der Waals surface area contributed by atoms with E-state index in [1.807, 2.05) is 31.2 Å².